The van der Waals surface area contributed by atoms with Gasteiger partial charge in [0.1, 0.15) is 5.56 Å². The third-order valence-electron chi connectivity index (χ3n) is 3.73. The number of benzene rings is 1. The van der Waals surface area contributed by atoms with E-state index < -0.39 is 17.7 Å². The summed E-state index contributed by atoms with van der Waals surface area (Å²) < 4.78 is 43.6. The predicted molar refractivity (Wildman–Crippen MR) is 97.6 cm³/mol. The molecule has 0 atom stereocenters. The third-order valence-corrected chi connectivity index (χ3v) is 3.73. The van der Waals surface area contributed by atoms with Crippen LogP contribution in [0.25, 0.3) is 11.0 Å². The van der Waals surface area contributed by atoms with Crippen LogP contribution in [0.15, 0.2) is 42.6 Å². The number of methoxy groups -OCH3 is 1. The lowest BCUT2D eigenvalue weighted by molar-refractivity contribution is -0.137. The SMILES string of the molecule is COC(=O)c1cnc2nc(C)ccc2c1Nc1cccc(C(F)(F)F)c1.Cl. The van der Waals surface area contributed by atoms with Gasteiger partial charge in [-0.3, -0.25) is 0 Å². The summed E-state index contributed by atoms with van der Waals surface area (Å²) in [6.07, 6.45) is -3.18. The van der Waals surface area contributed by atoms with Crippen molar-refractivity contribution in [2.45, 2.75) is 13.1 Å². The average Bonchev–Trinajstić information content (AvgIpc) is 2.60. The Morgan fingerprint density at radius 3 is 2.59 bits per heavy atom. The van der Waals surface area contributed by atoms with Crippen molar-refractivity contribution in [2.24, 2.45) is 0 Å². The second kappa shape index (κ2) is 7.79. The topological polar surface area (TPSA) is 64.1 Å². The first kappa shape index (κ1) is 20.4. The summed E-state index contributed by atoms with van der Waals surface area (Å²) >= 11 is 0. The molecule has 0 unspecified atom stereocenters. The molecule has 2 aromatic heterocycles. The summed E-state index contributed by atoms with van der Waals surface area (Å²) in [4.78, 5) is 20.5. The fourth-order valence-corrected chi connectivity index (χ4v) is 2.49. The number of fused-ring (bicyclic) bond motifs is 1. The van der Waals surface area contributed by atoms with Gasteiger partial charge in [0, 0.05) is 23.0 Å². The molecule has 1 aromatic carbocycles. The summed E-state index contributed by atoms with van der Waals surface area (Å²) in [5, 5.41) is 3.38. The number of carbonyl (C=O) groups excluding carboxylic acids is 1. The lowest BCUT2D eigenvalue weighted by atomic mass is 10.1. The highest BCUT2D eigenvalue weighted by Crippen LogP contribution is 2.33. The van der Waals surface area contributed by atoms with Crippen molar-refractivity contribution in [3.8, 4) is 0 Å². The molecule has 3 aromatic rings. The van der Waals surface area contributed by atoms with Crippen molar-refractivity contribution in [3.63, 3.8) is 0 Å². The Morgan fingerprint density at radius 1 is 1.19 bits per heavy atom. The minimum atomic E-state index is -4.47. The number of rotatable bonds is 3. The lowest BCUT2D eigenvalue weighted by Crippen LogP contribution is -2.09. The molecular formula is C18H15ClF3N3O2. The summed E-state index contributed by atoms with van der Waals surface area (Å²) in [5.74, 6) is -0.658. The molecule has 0 amide bonds. The van der Waals surface area contributed by atoms with E-state index in [0.717, 1.165) is 17.8 Å². The molecule has 142 valence electrons. The standard InChI is InChI=1S/C18H14F3N3O2.ClH/c1-10-6-7-13-15(14(17(25)26-2)9-22-16(13)23-10)24-12-5-3-4-11(8-12)18(19,20)21;/h3-9H,1-2H3,(H,22,23,24);1H. The van der Waals surface area contributed by atoms with E-state index in [0.29, 0.717) is 11.0 Å². The van der Waals surface area contributed by atoms with E-state index in [-0.39, 0.29) is 29.3 Å². The van der Waals surface area contributed by atoms with E-state index in [4.69, 9.17) is 4.74 Å². The second-order valence-corrected chi connectivity index (χ2v) is 5.57. The monoisotopic (exact) mass is 397 g/mol. The number of ether oxygens (including phenoxy) is 1. The molecule has 0 aliphatic rings. The fraction of sp³-hybridized carbons (Fsp3) is 0.167. The van der Waals surface area contributed by atoms with E-state index in [1.54, 1.807) is 19.1 Å². The van der Waals surface area contributed by atoms with E-state index in [9.17, 15) is 18.0 Å². The zero-order valence-electron chi connectivity index (χ0n) is 14.3. The number of pyridine rings is 2. The average molecular weight is 398 g/mol. The van der Waals surface area contributed by atoms with Crippen molar-refractivity contribution in [1.82, 2.24) is 9.97 Å². The van der Waals surface area contributed by atoms with Crippen LogP contribution >= 0.6 is 12.4 Å². The van der Waals surface area contributed by atoms with E-state index in [2.05, 4.69) is 15.3 Å². The maximum Gasteiger partial charge on any atom is 0.416 e. The maximum absolute atomic E-state index is 12.9. The van der Waals surface area contributed by atoms with Gasteiger partial charge in [0.25, 0.3) is 0 Å². The van der Waals surface area contributed by atoms with Crippen molar-refractivity contribution in [2.75, 3.05) is 12.4 Å². The number of alkyl halides is 3. The number of esters is 1. The highest BCUT2D eigenvalue weighted by atomic mass is 35.5. The molecule has 27 heavy (non-hydrogen) atoms. The first-order valence-electron chi connectivity index (χ1n) is 7.58. The van der Waals surface area contributed by atoms with Gasteiger partial charge in [-0.1, -0.05) is 6.07 Å². The Hall–Kier alpha value is -2.87. The molecule has 0 radical (unpaired) electrons. The quantitative estimate of drug-likeness (QED) is 0.636. The number of carbonyl (C=O) groups is 1. The van der Waals surface area contributed by atoms with Crippen LogP contribution in [-0.4, -0.2) is 23.0 Å². The number of hydrogen-bond acceptors (Lipinski definition) is 5. The molecule has 9 heteroatoms. The second-order valence-electron chi connectivity index (χ2n) is 5.57. The highest BCUT2D eigenvalue weighted by Gasteiger charge is 2.30. The minimum absolute atomic E-state index is 0. The Labute approximate surface area is 159 Å². The fourth-order valence-electron chi connectivity index (χ4n) is 2.49. The van der Waals surface area contributed by atoms with Crippen molar-refractivity contribution in [1.29, 1.82) is 0 Å². The number of halogens is 4. The van der Waals surface area contributed by atoms with Gasteiger partial charge >= 0.3 is 12.1 Å². The number of aromatic nitrogens is 2. The van der Waals surface area contributed by atoms with Crippen LogP contribution in [0.3, 0.4) is 0 Å². The summed E-state index contributed by atoms with van der Waals surface area (Å²) in [7, 11) is 1.22. The number of nitrogens with zero attached hydrogens (tertiary/aromatic N) is 2. The minimum Gasteiger partial charge on any atom is -0.465 e. The molecule has 3 rings (SSSR count). The van der Waals surface area contributed by atoms with Crippen LogP contribution in [-0.2, 0) is 10.9 Å². The summed E-state index contributed by atoms with van der Waals surface area (Å²) in [5.41, 5.74) is 0.859. The van der Waals surface area contributed by atoms with Crippen molar-refractivity contribution in [3.05, 3.63) is 59.4 Å². The molecule has 0 bridgehead atoms. The van der Waals surface area contributed by atoms with Crippen LogP contribution < -0.4 is 5.32 Å². The Kier molecular flexibility index (Phi) is 5.90. The zero-order valence-corrected chi connectivity index (χ0v) is 15.1. The molecular weight excluding hydrogens is 383 g/mol. The van der Waals surface area contributed by atoms with Gasteiger partial charge in [0.15, 0.2) is 5.65 Å². The molecule has 0 aliphatic carbocycles. The van der Waals surface area contributed by atoms with Gasteiger partial charge in [-0.25, -0.2) is 14.8 Å². The van der Waals surface area contributed by atoms with Gasteiger partial charge in [-0.05, 0) is 37.3 Å². The molecule has 0 aliphatic heterocycles. The third kappa shape index (κ3) is 4.28. The lowest BCUT2D eigenvalue weighted by Gasteiger charge is -2.15. The van der Waals surface area contributed by atoms with Crippen LogP contribution in [0.4, 0.5) is 24.5 Å². The van der Waals surface area contributed by atoms with E-state index in [1.807, 2.05) is 0 Å². The van der Waals surface area contributed by atoms with Crippen LogP contribution in [0.1, 0.15) is 21.6 Å². The maximum atomic E-state index is 12.9. The summed E-state index contributed by atoms with van der Waals surface area (Å²) in [6, 6.07) is 8.13. The smallest absolute Gasteiger partial charge is 0.416 e. The normalized spacial score (nSPS) is 11.0. The van der Waals surface area contributed by atoms with Gasteiger partial charge in [-0.15, -0.1) is 12.4 Å². The number of hydrogen-bond donors (Lipinski definition) is 1. The molecule has 5 nitrogen and oxygen atoms in total. The molecule has 1 N–H and O–H groups in total. The van der Waals surface area contributed by atoms with Gasteiger partial charge in [0.2, 0.25) is 0 Å². The van der Waals surface area contributed by atoms with Gasteiger partial charge in [-0.2, -0.15) is 13.2 Å². The molecule has 0 fully saturated rings. The Morgan fingerprint density at radius 2 is 1.93 bits per heavy atom. The van der Waals surface area contributed by atoms with Crippen LogP contribution in [0.5, 0.6) is 0 Å². The number of anilines is 2. The van der Waals surface area contributed by atoms with Crippen molar-refractivity contribution >= 4 is 40.8 Å². The van der Waals surface area contributed by atoms with E-state index in [1.165, 1.54) is 25.4 Å². The first-order chi connectivity index (χ1) is 12.3. The van der Waals surface area contributed by atoms with Crippen LogP contribution in [0, 0.1) is 6.92 Å². The van der Waals surface area contributed by atoms with Gasteiger partial charge < -0.3 is 10.1 Å². The summed E-state index contributed by atoms with van der Waals surface area (Å²) in [6.45, 7) is 1.79. The molecule has 0 saturated heterocycles. The Balaban J connectivity index is 0.00000261. The Bertz CT molecular complexity index is 993. The van der Waals surface area contributed by atoms with Crippen LogP contribution in [0.2, 0.25) is 0 Å². The van der Waals surface area contributed by atoms with Gasteiger partial charge in [0.05, 0.1) is 18.4 Å². The zero-order chi connectivity index (χ0) is 18.9. The largest absolute Gasteiger partial charge is 0.465 e. The molecule has 0 saturated carbocycles. The van der Waals surface area contributed by atoms with E-state index >= 15 is 0 Å². The van der Waals surface area contributed by atoms with Crippen molar-refractivity contribution < 1.29 is 22.7 Å². The molecule has 2 heterocycles. The number of aryl methyl sites for hydroxylation is 1. The first-order valence-corrected chi connectivity index (χ1v) is 7.58. The predicted octanol–water partition coefficient (Wildman–Crippen LogP) is 4.91. The highest BCUT2D eigenvalue weighted by molar-refractivity contribution is 6.05. The molecule has 0 spiro atoms. The number of nitrogens with one attached hydrogen (secondary N) is 1.